The predicted octanol–water partition coefficient (Wildman–Crippen LogP) is 0.522. The first-order valence-corrected chi connectivity index (χ1v) is 10.3. The van der Waals surface area contributed by atoms with Gasteiger partial charge in [-0.1, -0.05) is 23.4 Å². The number of hydrogen-bond donors (Lipinski definition) is 0. The lowest BCUT2D eigenvalue weighted by Gasteiger charge is -2.37. The quantitative estimate of drug-likeness (QED) is 0.628. The molecule has 1 saturated heterocycles. The second-order valence-corrected chi connectivity index (χ2v) is 8.59. The number of nitrogens with zero attached hydrogens (tertiary/aromatic N) is 5. The largest absolute Gasteiger partial charge is 0.383 e. The molecule has 1 aromatic heterocycles. The summed E-state index contributed by atoms with van der Waals surface area (Å²) in [6.45, 7) is 1.24. The minimum atomic E-state index is -3.63. The monoisotopic (exact) mass is 411 g/mol. The molecule has 152 valence electrons. The van der Waals surface area contributed by atoms with E-state index in [2.05, 4.69) is 10.3 Å². The van der Waals surface area contributed by atoms with E-state index in [1.54, 1.807) is 20.2 Å². The van der Waals surface area contributed by atoms with E-state index in [-0.39, 0.29) is 36.3 Å². The molecule has 0 aliphatic carbocycles. The molecule has 0 N–H and O–H groups in total. The highest BCUT2D eigenvalue weighted by molar-refractivity contribution is 7.88. The van der Waals surface area contributed by atoms with Crippen LogP contribution >= 0.6 is 0 Å². The number of hydrogen-bond acceptors (Lipinski definition) is 6. The molecule has 0 bridgehead atoms. The van der Waals surface area contributed by atoms with Crippen molar-refractivity contribution in [2.75, 3.05) is 40.4 Å². The number of sulfonamides is 1. The fraction of sp³-hybridized carbons (Fsp3) is 0.471. The average molecular weight is 411 g/mol. The highest BCUT2D eigenvalue weighted by Crippen LogP contribution is 2.26. The van der Waals surface area contributed by atoms with Crippen LogP contribution in [0.1, 0.15) is 22.1 Å². The maximum Gasteiger partial charge on any atom is 0.275 e. The van der Waals surface area contributed by atoms with Gasteiger partial charge in [-0.3, -0.25) is 4.79 Å². The Kier molecular flexibility index (Phi) is 6.06. The van der Waals surface area contributed by atoms with Crippen LogP contribution in [0.2, 0.25) is 0 Å². The molecule has 28 heavy (non-hydrogen) atoms. The summed E-state index contributed by atoms with van der Waals surface area (Å²) in [5.74, 6) is -1.22. The number of amides is 1. The number of methoxy groups -OCH3 is 1. The standard InChI is InChI=1S/C17H22FN5O4S/c1-21(7-8-27-2)17(24)16-11-23(20-19-16)14-9-22(10-14)28(25,26)12-13-5-3-4-6-15(13)18/h3-6,11,14H,7-10,12H2,1-2H3. The molecule has 3 rings (SSSR count). The Balaban J connectivity index is 1.58. The van der Waals surface area contributed by atoms with E-state index in [9.17, 15) is 17.6 Å². The van der Waals surface area contributed by atoms with Crippen LogP contribution in [0, 0.1) is 5.82 Å². The lowest BCUT2D eigenvalue weighted by molar-refractivity contribution is 0.0738. The van der Waals surface area contributed by atoms with Crippen LogP contribution in [0.4, 0.5) is 4.39 Å². The molecular weight excluding hydrogens is 389 g/mol. The summed E-state index contributed by atoms with van der Waals surface area (Å²) in [6, 6.07) is 5.60. The second kappa shape index (κ2) is 8.33. The van der Waals surface area contributed by atoms with Crippen molar-refractivity contribution in [3.8, 4) is 0 Å². The fourth-order valence-corrected chi connectivity index (χ4v) is 4.40. The molecule has 0 atom stereocenters. The number of halogens is 1. The van der Waals surface area contributed by atoms with Crippen molar-refractivity contribution in [3.05, 3.63) is 47.5 Å². The van der Waals surface area contributed by atoms with Crippen LogP contribution in [0.15, 0.2) is 30.5 Å². The van der Waals surface area contributed by atoms with Gasteiger partial charge in [-0.15, -0.1) is 5.10 Å². The second-order valence-electron chi connectivity index (χ2n) is 6.62. The summed E-state index contributed by atoms with van der Waals surface area (Å²) in [6.07, 6.45) is 1.51. The molecule has 11 heteroatoms. The Hall–Kier alpha value is -2.37. The predicted molar refractivity (Wildman–Crippen MR) is 98.5 cm³/mol. The first kappa shape index (κ1) is 20.4. The number of carbonyl (C=O) groups excluding carboxylic acids is 1. The summed E-state index contributed by atoms with van der Waals surface area (Å²) < 4.78 is 46.3. The molecule has 1 amide bonds. The highest BCUT2D eigenvalue weighted by atomic mass is 32.2. The molecule has 1 aromatic carbocycles. The molecule has 2 aromatic rings. The highest BCUT2D eigenvalue weighted by Gasteiger charge is 2.38. The van der Waals surface area contributed by atoms with Gasteiger partial charge in [0.2, 0.25) is 10.0 Å². The van der Waals surface area contributed by atoms with Crippen LogP contribution in [0.5, 0.6) is 0 Å². The smallest absolute Gasteiger partial charge is 0.275 e. The minimum Gasteiger partial charge on any atom is -0.383 e. The maximum atomic E-state index is 13.7. The van der Waals surface area contributed by atoms with Crippen LogP contribution in [-0.2, 0) is 20.5 Å². The SMILES string of the molecule is COCCN(C)C(=O)c1cn(C2CN(S(=O)(=O)Cc3ccccc3F)C2)nn1. The molecule has 1 aliphatic heterocycles. The Labute approximate surface area is 162 Å². The van der Waals surface area contributed by atoms with Crippen molar-refractivity contribution >= 4 is 15.9 Å². The number of carbonyl (C=O) groups is 1. The minimum absolute atomic E-state index is 0.138. The normalized spacial score (nSPS) is 15.4. The molecule has 1 aliphatic rings. The summed E-state index contributed by atoms with van der Waals surface area (Å²) >= 11 is 0. The van der Waals surface area contributed by atoms with Crippen molar-refractivity contribution in [2.24, 2.45) is 0 Å². The van der Waals surface area contributed by atoms with Crippen molar-refractivity contribution in [1.82, 2.24) is 24.2 Å². The van der Waals surface area contributed by atoms with Gasteiger partial charge in [0, 0.05) is 39.4 Å². The third-order valence-corrected chi connectivity index (χ3v) is 6.36. The van der Waals surface area contributed by atoms with Gasteiger partial charge < -0.3 is 9.64 Å². The molecule has 1 fully saturated rings. The van der Waals surface area contributed by atoms with Crippen LogP contribution in [0.25, 0.3) is 0 Å². The Bertz CT molecular complexity index is 943. The van der Waals surface area contributed by atoms with E-state index in [0.717, 1.165) is 0 Å². The number of likely N-dealkylation sites (N-methyl/N-ethyl adjacent to an activating group) is 1. The van der Waals surface area contributed by atoms with E-state index in [1.807, 2.05) is 0 Å². The van der Waals surface area contributed by atoms with E-state index >= 15 is 0 Å². The van der Waals surface area contributed by atoms with Gasteiger partial charge in [0.25, 0.3) is 5.91 Å². The third-order valence-electron chi connectivity index (χ3n) is 4.60. The van der Waals surface area contributed by atoms with Gasteiger partial charge in [0.1, 0.15) is 5.82 Å². The lowest BCUT2D eigenvalue weighted by atomic mass is 10.2. The topological polar surface area (TPSA) is 97.6 Å². The lowest BCUT2D eigenvalue weighted by Crippen LogP contribution is -2.51. The number of rotatable bonds is 8. The van der Waals surface area contributed by atoms with Crippen LogP contribution in [0.3, 0.4) is 0 Å². The van der Waals surface area contributed by atoms with Gasteiger partial charge >= 0.3 is 0 Å². The van der Waals surface area contributed by atoms with Crippen molar-refractivity contribution in [2.45, 2.75) is 11.8 Å². The van der Waals surface area contributed by atoms with Crippen molar-refractivity contribution in [3.63, 3.8) is 0 Å². The summed E-state index contributed by atoms with van der Waals surface area (Å²) in [5.41, 5.74) is 0.324. The Morgan fingerprint density at radius 1 is 1.36 bits per heavy atom. The molecule has 0 unspecified atom stereocenters. The molecule has 0 radical (unpaired) electrons. The third kappa shape index (κ3) is 4.37. The van der Waals surface area contributed by atoms with Crippen LogP contribution < -0.4 is 0 Å². The van der Waals surface area contributed by atoms with Crippen LogP contribution in [-0.4, -0.2) is 78.9 Å². The van der Waals surface area contributed by atoms with E-state index in [4.69, 9.17) is 4.74 Å². The molecule has 0 saturated carbocycles. The number of aromatic nitrogens is 3. The Morgan fingerprint density at radius 2 is 2.07 bits per heavy atom. The molecule has 0 spiro atoms. The van der Waals surface area contributed by atoms with E-state index in [1.165, 1.54) is 38.3 Å². The maximum absolute atomic E-state index is 13.7. The average Bonchev–Trinajstić information content (AvgIpc) is 3.08. The number of ether oxygens (including phenoxy) is 1. The summed E-state index contributed by atoms with van der Waals surface area (Å²) in [7, 11) is -0.438. The van der Waals surface area contributed by atoms with Gasteiger partial charge in [-0.05, 0) is 6.07 Å². The first-order valence-electron chi connectivity index (χ1n) is 8.69. The first-order chi connectivity index (χ1) is 13.3. The van der Waals surface area contributed by atoms with Gasteiger partial charge in [-0.25, -0.2) is 17.5 Å². The molecular formula is C17H22FN5O4S. The van der Waals surface area contributed by atoms with Gasteiger partial charge in [-0.2, -0.15) is 4.31 Å². The molecule has 2 heterocycles. The molecule has 9 nitrogen and oxygen atoms in total. The number of benzene rings is 1. The van der Waals surface area contributed by atoms with Crippen molar-refractivity contribution < 1.29 is 22.3 Å². The zero-order valence-corrected chi connectivity index (χ0v) is 16.5. The zero-order chi connectivity index (χ0) is 20.3. The van der Waals surface area contributed by atoms with Gasteiger partial charge in [0.15, 0.2) is 5.69 Å². The summed E-state index contributed by atoms with van der Waals surface area (Å²) in [4.78, 5) is 13.7. The van der Waals surface area contributed by atoms with E-state index < -0.39 is 21.6 Å². The fourth-order valence-electron chi connectivity index (χ4n) is 2.79. The van der Waals surface area contributed by atoms with Gasteiger partial charge in [0.05, 0.1) is 24.6 Å². The Morgan fingerprint density at radius 3 is 2.75 bits per heavy atom. The van der Waals surface area contributed by atoms with E-state index in [0.29, 0.717) is 13.2 Å². The van der Waals surface area contributed by atoms with Crippen molar-refractivity contribution in [1.29, 1.82) is 0 Å². The zero-order valence-electron chi connectivity index (χ0n) is 15.7. The summed E-state index contributed by atoms with van der Waals surface area (Å²) in [5, 5.41) is 7.82.